The number of hydrogen-bond donors (Lipinski definition) is 0. The van der Waals surface area contributed by atoms with Crippen LogP contribution >= 0.6 is 15.9 Å². The van der Waals surface area contributed by atoms with E-state index in [1.165, 1.54) is 0 Å². The molecule has 1 aliphatic heterocycles. The van der Waals surface area contributed by atoms with Crippen molar-refractivity contribution in [1.82, 2.24) is 14.8 Å². The lowest BCUT2D eigenvalue weighted by molar-refractivity contribution is 0.0549. The molecule has 0 bridgehead atoms. The van der Waals surface area contributed by atoms with Crippen LogP contribution in [0.15, 0.2) is 22.8 Å². The highest BCUT2D eigenvalue weighted by Gasteiger charge is 2.26. The maximum Gasteiger partial charge on any atom is 0.0544 e. The van der Waals surface area contributed by atoms with Crippen molar-refractivity contribution in [1.29, 1.82) is 0 Å². The van der Waals surface area contributed by atoms with Crippen molar-refractivity contribution in [3.63, 3.8) is 0 Å². The van der Waals surface area contributed by atoms with Gasteiger partial charge in [0, 0.05) is 42.4 Å². The Labute approximate surface area is 112 Å². The third-order valence-corrected chi connectivity index (χ3v) is 4.08. The minimum atomic E-state index is 0.620. The average Bonchev–Trinajstić information content (AvgIpc) is 2.29. The Bertz CT molecular complexity index is 353. The zero-order chi connectivity index (χ0) is 12.4. The van der Waals surface area contributed by atoms with Gasteiger partial charge in [0.15, 0.2) is 0 Å². The van der Waals surface area contributed by atoms with Crippen molar-refractivity contribution in [3.05, 3.63) is 28.5 Å². The summed E-state index contributed by atoms with van der Waals surface area (Å²) in [5.41, 5.74) is 1.15. The molecule has 94 valence electrons. The third-order valence-electron chi connectivity index (χ3n) is 3.61. The summed E-state index contributed by atoms with van der Waals surface area (Å²) in [6.07, 6.45) is 1.87. The molecule has 1 fully saturated rings. The smallest absolute Gasteiger partial charge is 0.0544 e. The summed E-state index contributed by atoms with van der Waals surface area (Å²) in [6.45, 7) is 7.78. The maximum absolute atomic E-state index is 4.44. The van der Waals surface area contributed by atoms with Crippen LogP contribution in [0.4, 0.5) is 0 Å². The molecule has 2 atom stereocenters. The van der Waals surface area contributed by atoms with Crippen LogP contribution < -0.4 is 0 Å². The van der Waals surface area contributed by atoms with Crippen LogP contribution in [-0.2, 0) is 6.54 Å². The number of halogens is 1. The Morgan fingerprint density at radius 1 is 1.29 bits per heavy atom. The molecule has 2 unspecified atom stereocenters. The molecule has 0 amide bonds. The van der Waals surface area contributed by atoms with Crippen LogP contribution in [0, 0.1) is 0 Å². The van der Waals surface area contributed by atoms with Gasteiger partial charge in [-0.15, -0.1) is 0 Å². The second-order valence-electron chi connectivity index (χ2n) is 5.03. The van der Waals surface area contributed by atoms with E-state index < -0.39 is 0 Å². The first-order chi connectivity index (χ1) is 8.06. The summed E-state index contributed by atoms with van der Waals surface area (Å²) >= 11 is 3.41. The van der Waals surface area contributed by atoms with E-state index >= 15 is 0 Å². The molecular weight excluding hydrogens is 278 g/mol. The molecule has 3 nitrogen and oxygen atoms in total. The average molecular weight is 298 g/mol. The van der Waals surface area contributed by atoms with E-state index in [9.17, 15) is 0 Å². The van der Waals surface area contributed by atoms with E-state index in [1.807, 2.05) is 6.20 Å². The Morgan fingerprint density at radius 3 is 2.47 bits per heavy atom. The van der Waals surface area contributed by atoms with Gasteiger partial charge in [-0.2, -0.15) is 0 Å². The number of pyridine rings is 1. The SMILES string of the molecule is CC1CN(Cc2ccc(Br)cn2)CC(C)N1C. The van der Waals surface area contributed by atoms with Gasteiger partial charge in [0.1, 0.15) is 0 Å². The Morgan fingerprint density at radius 2 is 1.94 bits per heavy atom. The van der Waals surface area contributed by atoms with E-state index in [0.29, 0.717) is 12.1 Å². The highest BCUT2D eigenvalue weighted by Crippen LogP contribution is 2.16. The molecule has 0 aliphatic carbocycles. The first-order valence-electron chi connectivity index (χ1n) is 6.11. The zero-order valence-electron chi connectivity index (χ0n) is 10.7. The lowest BCUT2D eigenvalue weighted by atomic mass is 10.1. The van der Waals surface area contributed by atoms with E-state index in [1.54, 1.807) is 0 Å². The molecular formula is C13H20BrN3. The molecule has 0 spiro atoms. The monoisotopic (exact) mass is 297 g/mol. The van der Waals surface area contributed by atoms with Crippen molar-refractivity contribution in [2.45, 2.75) is 32.5 Å². The van der Waals surface area contributed by atoms with Gasteiger partial charge in [-0.1, -0.05) is 0 Å². The minimum absolute atomic E-state index is 0.620. The van der Waals surface area contributed by atoms with Crippen molar-refractivity contribution >= 4 is 15.9 Å². The van der Waals surface area contributed by atoms with Crippen molar-refractivity contribution in [2.24, 2.45) is 0 Å². The predicted molar refractivity (Wildman–Crippen MR) is 73.9 cm³/mol. The molecule has 0 saturated carbocycles. The fourth-order valence-corrected chi connectivity index (χ4v) is 2.61. The molecule has 0 aromatic carbocycles. The van der Waals surface area contributed by atoms with Crippen LogP contribution in [0.1, 0.15) is 19.5 Å². The number of piperazine rings is 1. The molecule has 1 aliphatic rings. The van der Waals surface area contributed by atoms with Crippen LogP contribution in [-0.4, -0.2) is 47.0 Å². The fraction of sp³-hybridized carbons (Fsp3) is 0.615. The van der Waals surface area contributed by atoms with Gasteiger partial charge in [-0.3, -0.25) is 14.8 Å². The van der Waals surface area contributed by atoms with Crippen LogP contribution in [0.2, 0.25) is 0 Å². The predicted octanol–water partition coefficient (Wildman–Crippen LogP) is 2.37. The zero-order valence-corrected chi connectivity index (χ0v) is 12.3. The number of hydrogen-bond acceptors (Lipinski definition) is 3. The quantitative estimate of drug-likeness (QED) is 0.835. The lowest BCUT2D eigenvalue weighted by Gasteiger charge is -2.42. The fourth-order valence-electron chi connectivity index (χ4n) is 2.37. The first-order valence-corrected chi connectivity index (χ1v) is 6.90. The number of rotatable bonds is 2. The summed E-state index contributed by atoms with van der Waals surface area (Å²) < 4.78 is 1.04. The normalized spacial score (nSPS) is 27.3. The summed E-state index contributed by atoms with van der Waals surface area (Å²) in [5.74, 6) is 0. The van der Waals surface area contributed by atoms with E-state index in [0.717, 1.165) is 29.8 Å². The van der Waals surface area contributed by atoms with E-state index in [2.05, 4.69) is 63.7 Å². The maximum atomic E-state index is 4.44. The van der Waals surface area contributed by atoms with Crippen LogP contribution in [0.3, 0.4) is 0 Å². The minimum Gasteiger partial charge on any atom is -0.298 e. The topological polar surface area (TPSA) is 19.4 Å². The van der Waals surface area contributed by atoms with Gasteiger partial charge in [-0.05, 0) is 49.0 Å². The summed E-state index contributed by atoms with van der Waals surface area (Å²) in [7, 11) is 2.21. The van der Waals surface area contributed by atoms with Crippen molar-refractivity contribution in [2.75, 3.05) is 20.1 Å². The Hall–Kier alpha value is -0.450. The highest BCUT2D eigenvalue weighted by atomic mass is 79.9. The molecule has 4 heteroatoms. The molecule has 0 radical (unpaired) electrons. The Balaban J connectivity index is 1.98. The van der Waals surface area contributed by atoms with Gasteiger partial charge in [0.05, 0.1) is 5.69 Å². The highest BCUT2D eigenvalue weighted by molar-refractivity contribution is 9.10. The van der Waals surface area contributed by atoms with Crippen LogP contribution in [0.5, 0.6) is 0 Å². The number of likely N-dealkylation sites (N-methyl/N-ethyl adjacent to an activating group) is 1. The van der Waals surface area contributed by atoms with Gasteiger partial charge < -0.3 is 0 Å². The summed E-state index contributed by atoms with van der Waals surface area (Å²) in [4.78, 5) is 9.38. The number of aromatic nitrogens is 1. The largest absolute Gasteiger partial charge is 0.298 e. The van der Waals surface area contributed by atoms with Gasteiger partial charge in [-0.25, -0.2) is 0 Å². The Kier molecular flexibility index (Phi) is 4.17. The molecule has 2 heterocycles. The molecule has 1 aromatic rings. The van der Waals surface area contributed by atoms with Gasteiger partial charge in [0.2, 0.25) is 0 Å². The molecule has 1 aromatic heterocycles. The molecule has 1 saturated heterocycles. The molecule has 17 heavy (non-hydrogen) atoms. The van der Waals surface area contributed by atoms with Crippen molar-refractivity contribution < 1.29 is 0 Å². The van der Waals surface area contributed by atoms with Gasteiger partial charge >= 0.3 is 0 Å². The lowest BCUT2D eigenvalue weighted by Crippen LogP contribution is -2.54. The van der Waals surface area contributed by atoms with E-state index in [4.69, 9.17) is 0 Å². The first kappa shape index (κ1) is 13.0. The standard InChI is InChI=1S/C13H20BrN3/c1-10-7-17(8-11(2)16(10)3)9-13-5-4-12(14)6-15-13/h4-6,10-11H,7-9H2,1-3H3. The summed E-state index contributed by atoms with van der Waals surface area (Å²) in [5, 5.41) is 0. The second-order valence-corrected chi connectivity index (χ2v) is 5.94. The van der Waals surface area contributed by atoms with E-state index in [-0.39, 0.29) is 0 Å². The van der Waals surface area contributed by atoms with Crippen molar-refractivity contribution in [3.8, 4) is 0 Å². The van der Waals surface area contributed by atoms with Gasteiger partial charge in [0.25, 0.3) is 0 Å². The second kappa shape index (κ2) is 5.46. The third kappa shape index (κ3) is 3.27. The summed E-state index contributed by atoms with van der Waals surface area (Å²) in [6, 6.07) is 5.40. The van der Waals surface area contributed by atoms with Crippen LogP contribution in [0.25, 0.3) is 0 Å². The molecule has 2 rings (SSSR count). The molecule has 0 N–H and O–H groups in total. The number of nitrogens with zero attached hydrogens (tertiary/aromatic N) is 3.